The molecule has 18 heavy (non-hydrogen) atoms. The van der Waals surface area contributed by atoms with Crippen molar-refractivity contribution in [2.45, 2.75) is 25.7 Å². The maximum Gasteiger partial charge on any atom is 0.340 e. The summed E-state index contributed by atoms with van der Waals surface area (Å²) in [5, 5.41) is 8.99. The zero-order valence-electron chi connectivity index (χ0n) is 11.0. The average Bonchev–Trinajstić information content (AvgIpc) is 2.27. The van der Waals surface area contributed by atoms with E-state index in [1.54, 1.807) is 0 Å². The molecule has 1 rings (SSSR count). The Morgan fingerprint density at radius 3 is 2.67 bits per heavy atom. The van der Waals surface area contributed by atoms with Crippen molar-refractivity contribution in [2.75, 3.05) is 6.61 Å². The number of esters is 1. The van der Waals surface area contributed by atoms with Gasteiger partial charge in [0, 0.05) is 20.3 Å². The van der Waals surface area contributed by atoms with Gasteiger partial charge >= 0.3 is 5.97 Å². The average molecular weight is 265 g/mol. The molecule has 1 heterocycles. The summed E-state index contributed by atoms with van der Waals surface area (Å²) in [7, 11) is -1.07. The number of nitrogens with zero attached hydrogens (tertiary/aromatic N) is 1. The molecule has 0 aliphatic rings. The Balaban J connectivity index is 2.36. The highest BCUT2D eigenvalue weighted by atomic mass is 28.3. The highest BCUT2D eigenvalue weighted by Gasteiger charge is 2.09. The first kappa shape index (κ1) is 14.4. The van der Waals surface area contributed by atoms with E-state index in [-0.39, 0.29) is 12.5 Å². The van der Waals surface area contributed by atoms with E-state index in [1.165, 1.54) is 18.3 Å². The van der Waals surface area contributed by atoms with Crippen LogP contribution in [0, 0.1) is 0 Å². The van der Waals surface area contributed by atoms with E-state index in [2.05, 4.69) is 30.7 Å². The van der Waals surface area contributed by atoms with Crippen LogP contribution in [0.1, 0.15) is 10.4 Å². The predicted molar refractivity (Wildman–Crippen MR) is 73.5 cm³/mol. The van der Waals surface area contributed by atoms with E-state index >= 15 is 0 Å². The number of ether oxygens (including phenoxy) is 1. The molecule has 0 saturated carbocycles. The van der Waals surface area contributed by atoms with Crippen molar-refractivity contribution in [3.8, 4) is 5.88 Å². The third-order valence-corrected chi connectivity index (χ3v) is 3.65. The molecule has 0 aromatic carbocycles. The molecule has 1 aromatic rings. The van der Waals surface area contributed by atoms with Crippen molar-refractivity contribution in [3.05, 3.63) is 36.0 Å². The van der Waals surface area contributed by atoms with Crippen LogP contribution in [0.5, 0.6) is 5.88 Å². The maximum absolute atomic E-state index is 11.5. The lowest BCUT2D eigenvalue weighted by Gasteiger charge is -2.11. The number of rotatable bonds is 5. The van der Waals surface area contributed by atoms with E-state index in [4.69, 9.17) is 9.84 Å². The number of pyridine rings is 1. The summed E-state index contributed by atoms with van der Waals surface area (Å²) in [6.45, 7) is 7.12. The smallest absolute Gasteiger partial charge is 0.340 e. The van der Waals surface area contributed by atoms with Gasteiger partial charge in [-0.2, -0.15) is 0 Å². The van der Waals surface area contributed by atoms with Crippen LogP contribution in [0.15, 0.2) is 30.5 Å². The van der Waals surface area contributed by atoms with Crippen molar-refractivity contribution < 1.29 is 14.6 Å². The quantitative estimate of drug-likeness (QED) is 0.505. The standard InChI is InChI=1S/C13H19NO3Si/c1-18(2,3)9-5-4-8-17-13(16)11-6-7-12(15)14-10-11/h4-7,10H,8-9H2,1-3H3,(H,14,15)/b5-4+. The van der Waals surface area contributed by atoms with Gasteiger partial charge < -0.3 is 9.84 Å². The zero-order chi connectivity index (χ0) is 13.6. The lowest BCUT2D eigenvalue weighted by Crippen LogP contribution is -2.17. The number of hydrogen-bond acceptors (Lipinski definition) is 4. The second kappa shape index (κ2) is 6.35. The minimum absolute atomic E-state index is 0.110. The van der Waals surface area contributed by atoms with E-state index in [0.29, 0.717) is 5.56 Å². The highest BCUT2D eigenvalue weighted by molar-refractivity contribution is 6.76. The zero-order valence-corrected chi connectivity index (χ0v) is 12.0. The summed E-state index contributed by atoms with van der Waals surface area (Å²) in [5.41, 5.74) is 0.339. The molecule has 5 heteroatoms. The topological polar surface area (TPSA) is 59.4 Å². The van der Waals surface area contributed by atoms with Crippen molar-refractivity contribution in [3.63, 3.8) is 0 Å². The summed E-state index contributed by atoms with van der Waals surface area (Å²) >= 11 is 0. The lowest BCUT2D eigenvalue weighted by molar-refractivity contribution is 0.0549. The Morgan fingerprint density at radius 1 is 1.39 bits per heavy atom. The normalized spacial score (nSPS) is 11.7. The van der Waals surface area contributed by atoms with Gasteiger partial charge in [-0.15, -0.1) is 0 Å². The van der Waals surface area contributed by atoms with Crippen molar-refractivity contribution in [1.29, 1.82) is 0 Å². The second-order valence-corrected chi connectivity index (χ2v) is 10.8. The first-order valence-electron chi connectivity index (χ1n) is 5.86. The molecule has 0 fully saturated rings. The lowest BCUT2D eigenvalue weighted by atomic mass is 10.3. The van der Waals surface area contributed by atoms with Crippen molar-refractivity contribution in [2.24, 2.45) is 0 Å². The molecule has 0 unspecified atom stereocenters. The van der Waals surface area contributed by atoms with Gasteiger partial charge in [0.25, 0.3) is 0 Å². The molecule has 98 valence electrons. The summed E-state index contributed by atoms with van der Waals surface area (Å²) in [4.78, 5) is 15.2. The first-order valence-corrected chi connectivity index (χ1v) is 9.56. The maximum atomic E-state index is 11.5. The second-order valence-electron chi connectivity index (χ2n) is 5.24. The Kier molecular flexibility index (Phi) is 5.09. The van der Waals surface area contributed by atoms with Gasteiger partial charge in [-0.1, -0.05) is 31.8 Å². The fourth-order valence-electron chi connectivity index (χ4n) is 1.22. The third kappa shape index (κ3) is 5.63. The molecule has 0 amide bonds. The largest absolute Gasteiger partial charge is 0.493 e. The number of aromatic hydroxyl groups is 1. The minimum atomic E-state index is -1.07. The van der Waals surface area contributed by atoms with Gasteiger partial charge in [-0.05, 0) is 12.1 Å². The van der Waals surface area contributed by atoms with Crippen LogP contribution in [0.3, 0.4) is 0 Å². The Bertz CT molecular complexity index is 421. The SMILES string of the molecule is C[Si](C)(C)C/C=C/COC(=O)c1ccc(O)nc1. The fraction of sp³-hybridized carbons (Fsp3) is 0.385. The summed E-state index contributed by atoms with van der Waals surface area (Å²) in [5.74, 6) is -0.540. The number of hydrogen-bond donors (Lipinski definition) is 1. The van der Waals surface area contributed by atoms with Crippen LogP contribution in [0.2, 0.25) is 25.7 Å². The molecular weight excluding hydrogens is 246 g/mol. The molecule has 0 aliphatic carbocycles. The predicted octanol–water partition coefficient (Wildman–Crippen LogP) is 2.84. The number of carbonyl (C=O) groups is 1. The monoisotopic (exact) mass is 265 g/mol. The van der Waals surface area contributed by atoms with Crippen LogP contribution in [0.4, 0.5) is 0 Å². The van der Waals surface area contributed by atoms with E-state index in [0.717, 1.165) is 6.04 Å². The van der Waals surface area contributed by atoms with Crippen LogP contribution in [-0.2, 0) is 4.74 Å². The van der Waals surface area contributed by atoms with Crippen molar-refractivity contribution in [1.82, 2.24) is 4.98 Å². The fourth-order valence-corrected chi connectivity index (χ4v) is 2.09. The van der Waals surface area contributed by atoms with Crippen LogP contribution >= 0.6 is 0 Å². The van der Waals surface area contributed by atoms with E-state index in [9.17, 15) is 4.79 Å². The van der Waals surface area contributed by atoms with E-state index in [1.807, 2.05) is 6.08 Å². The van der Waals surface area contributed by atoms with Crippen LogP contribution in [-0.4, -0.2) is 30.7 Å². The number of carbonyl (C=O) groups excluding carboxylic acids is 1. The van der Waals surface area contributed by atoms with Gasteiger partial charge in [0.2, 0.25) is 5.88 Å². The van der Waals surface area contributed by atoms with Crippen LogP contribution < -0.4 is 0 Å². The van der Waals surface area contributed by atoms with Crippen molar-refractivity contribution >= 4 is 14.0 Å². The Labute approximate surface area is 108 Å². The molecule has 0 aliphatic heterocycles. The molecule has 0 saturated heterocycles. The van der Waals surface area contributed by atoms with Gasteiger partial charge in [0.1, 0.15) is 6.61 Å². The Morgan fingerprint density at radius 2 is 2.11 bits per heavy atom. The molecule has 1 aromatic heterocycles. The van der Waals surface area contributed by atoms with Crippen LogP contribution in [0.25, 0.3) is 0 Å². The van der Waals surface area contributed by atoms with Gasteiger partial charge in [-0.3, -0.25) is 0 Å². The molecule has 1 N–H and O–H groups in total. The summed E-state index contributed by atoms with van der Waals surface area (Å²) in [6.07, 6.45) is 5.22. The van der Waals surface area contributed by atoms with Gasteiger partial charge in [-0.25, -0.2) is 9.78 Å². The third-order valence-electron chi connectivity index (χ3n) is 2.19. The molecule has 0 bridgehead atoms. The van der Waals surface area contributed by atoms with Gasteiger partial charge in [0.15, 0.2) is 0 Å². The summed E-state index contributed by atoms with van der Waals surface area (Å²) < 4.78 is 5.05. The van der Waals surface area contributed by atoms with E-state index < -0.39 is 14.0 Å². The molecule has 0 spiro atoms. The highest BCUT2D eigenvalue weighted by Crippen LogP contribution is 2.09. The minimum Gasteiger partial charge on any atom is -0.493 e. The summed E-state index contributed by atoms with van der Waals surface area (Å²) in [6, 6.07) is 3.92. The molecule has 0 radical (unpaired) electrons. The Hall–Kier alpha value is -1.62. The molecular formula is C13H19NO3Si. The first-order chi connectivity index (χ1) is 8.38. The molecule has 4 nitrogen and oxygen atoms in total. The number of aromatic nitrogens is 1. The van der Waals surface area contributed by atoms with Gasteiger partial charge in [0.05, 0.1) is 5.56 Å². The molecule has 0 atom stereocenters. The number of allylic oxidation sites excluding steroid dienone is 1.